The van der Waals surface area contributed by atoms with Crippen molar-refractivity contribution in [3.8, 4) is 5.75 Å². The van der Waals surface area contributed by atoms with E-state index >= 15 is 0 Å². The van der Waals surface area contributed by atoms with E-state index in [1.165, 1.54) is 32.1 Å². The zero-order valence-electron chi connectivity index (χ0n) is 13.8. The summed E-state index contributed by atoms with van der Waals surface area (Å²) >= 11 is 0. The number of hydrogen-bond acceptors (Lipinski definition) is 3. The predicted octanol–water partition coefficient (Wildman–Crippen LogP) is 4.99. The van der Waals surface area contributed by atoms with Crippen LogP contribution in [0.4, 0.5) is 5.69 Å². The molecule has 0 unspecified atom stereocenters. The number of Topliss-reactive ketones (excluding diaryl/α,β-unsaturated/α-hetero) is 1. The molecule has 3 heteroatoms. The number of nitrogen functional groups attached to an aromatic ring is 1. The molecule has 0 aromatic heterocycles. The van der Waals surface area contributed by atoms with E-state index in [0.717, 1.165) is 30.7 Å². The minimum atomic E-state index is 0.206. The first-order chi connectivity index (χ1) is 10.7. The van der Waals surface area contributed by atoms with E-state index in [-0.39, 0.29) is 5.78 Å². The number of nitrogens with two attached hydrogens (primary N) is 1. The van der Waals surface area contributed by atoms with Crippen molar-refractivity contribution >= 4 is 11.5 Å². The van der Waals surface area contributed by atoms with Crippen LogP contribution in [0.1, 0.15) is 75.1 Å². The Labute approximate surface area is 134 Å². The Kier molecular flexibility index (Phi) is 6.75. The number of rotatable bonds is 8. The highest BCUT2D eigenvalue weighted by Gasteiger charge is 2.16. The third-order valence-electron chi connectivity index (χ3n) is 4.59. The number of carbonyl (C=O) groups excluding carboxylic acids is 1. The van der Waals surface area contributed by atoms with Gasteiger partial charge >= 0.3 is 0 Å². The number of hydrogen-bond donors (Lipinski definition) is 1. The molecule has 1 fully saturated rings. The summed E-state index contributed by atoms with van der Waals surface area (Å²) in [5.74, 6) is 1.64. The Morgan fingerprint density at radius 3 is 2.73 bits per heavy atom. The Bertz CT molecular complexity index is 478. The lowest BCUT2D eigenvalue weighted by Gasteiger charge is -2.21. The second-order valence-electron chi connectivity index (χ2n) is 6.42. The molecule has 0 aliphatic heterocycles. The minimum absolute atomic E-state index is 0.206. The molecule has 0 atom stereocenters. The standard InChI is InChI=1S/C19H29NO2/c1-2-3-13-22-19-12-10-16(14-17(19)20)18(21)11-9-15-7-5-4-6-8-15/h10,12,14-15H,2-9,11,13,20H2,1H3. The molecular formula is C19H29NO2. The lowest BCUT2D eigenvalue weighted by Crippen LogP contribution is -2.09. The van der Waals surface area contributed by atoms with E-state index < -0.39 is 0 Å². The molecule has 0 bridgehead atoms. The summed E-state index contributed by atoms with van der Waals surface area (Å²) in [7, 11) is 0. The van der Waals surface area contributed by atoms with E-state index in [4.69, 9.17) is 10.5 Å². The molecule has 0 saturated heterocycles. The Hall–Kier alpha value is -1.51. The van der Waals surface area contributed by atoms with E-state index in [9.17, 15) is 4.79 Å². The van der Waals surface area contributed by atoms with Crippen molar-refractivity contribution in [2.45, 2.75) is 64.7 Å². The van der Waals surface area contributed by atoms with Crippen molar-refractivity contribution in [1.82, 2.24) is 0 Å². The van der Waals surface area contributed by atoms with Crippen molar-refractivity contribution < 1.29 is 9.53 Å². The minimum Gasteiger partial charge on any atom is -0.491 e. The fraction of sp³-hybridized carbons (Fsp3) is 0.632. The van der Waals surface area contributed by atoms with Crippen molar-refractivity contribution in [1.29, 1.82) is 0 Å². The van der Waals surface area contributed by atoms with Crippen LogP contribution >= 0.6 is 0 Å². The van der Waals surface area contributed by atoms with Gasteiger partial charge < -0.3 is 10.5 Å². The quantitative estimate of drug-likeness (QED) is 0.418. The largest absolute Gasteiger partial charge is 0.491 e. The maximum absolute atomic E-state index is 12.3. The summed E-state index contributed by atoms with van der Waals surface area (Å²) in [6.07, 6.45) is 10.4. The maximum Gasteiger partial charge on any atom is 0.162 e. The number of carbonyl (C=O) groups is 1. The van der Waals surface area contributed by atoms with E-state index in [0.29, 0.717) is 24.5 Å². The lowest BCUT2D eigenvalue weighted by atomic mass is 9.85. The number of benzene rings is 1. The smallest absolute Gasteiger partial charge is 0.162 e. The summed E-state index contributed by atoms with van der Waals surface area (Å²) in [6, 6.07) is 5.45. The van der Waals surface area contributed by atoms with Crippen LogP contribution < -0.4 is 10.5 Å². The van der Waals surface area contributed by atoms with Gasteiger partial charge in [0.05, 0.1) is 12.3 Å². The van der Waals surface area contributed by atoms with Crippen molar-refractivity contribution in [2.75, 3.05) is 12.3 Å². The van der Waals surface area contributed by atoms with E-state index in [2.05, 4.69) is 6.92 Å². The Morgan fingerprint density at radius 2 is 2.05 bits per heavy atom. The van der Waals surface area contributed by atoms with Gasteiger partial charge in [0.2, 0.25) is 0 Å². The van der Waals surface area contributed by atoms with Gasteiger partial charge in [0.25, 0.3) is 0 Å². The lowest BCUT2D eigenvalue weighted by molar-refractivity contribution is 0.0970. The fourth-order valence-corrected chi connectivity index (χ4v) is 3.14. The highest BCUT2D eigenvalue weighted by Crippen LogP contribution is 2.29. The molecule has 1 aromatic carbocycles. The van der Waals surface area contributed by atoms with Crippen LogP contribution in [0.5, 0.6) is 5.75 Å². The average molecular weight is 303 g/mol. The molecule has 0 spiro atoms. The van der Waals surface area contributed by atoms with E-state index in [1.807, 2.05) is 12.1 Å². The highest BCUT2D eigenvalue weighted by atomic mass is 16.5. The fourth-order valence-electron chi connectivity index (χ4n) is 3.14. The van der Waals surface area contributed by atoms with Gasteiger partial charge in [0.15, 0.2) is 5.78 Å². The van der Waals surface area contributed by atoms with Gasteiger partial charge in [-0.05, 0) is 37.0 Å². The Balaban J connectivity index is 1.85. The first-order valence-electron chi connectivity index (χ1n) is 8.76. The Morgan fingerprint density at radius 1 is 1.27 bits per heavy atom. The van der Waals surface area contributed by atoms with Crippen LogP contribution in [-0.4, -0.2) is 12.4 Å². The van der Waals surface area contributed by atoms with Crippen molar-refractivity contribution in [3.63, 3.8) is 0 Å². The summed E-state index contributed by atoms with van der Waals surface area (Å²) in [6.45, 7) is 2.80. The van der Waals surface area contributed by atoms with Crippen molar-refractivity contribution in [3.05, 3.63) is 23.8 Å². The second kappa shape index (κ2) is 8.82. The van der Waals surface area contributed by atoms with Crippen LogP contribution in [-0.2, 0) is 0 Å². The molecule has 1 aliphatic carbocycles. The van der Waals surface area contributed by atoms with Crippen LogP contribution in [0, 0.1) is 5.92 Å². The van der Waals surface area contributed by atoms with E-state index in [1.54, 1.807) is 6.07 Å². The summed E-state index contributed by atoms with van der Waals surface area (Å²) in [5, 5.41) is 0. The molecule has 1 aromatic rings. The molecule has 2 N–H and O–H groups in total. The zero-order chi connectivity index (χ0) is 15.8. The summed E-state index contributed by atoms with van der Waals surface area (Å²) < 4.78 is 5.63. The van der Waals surface area contributed by atoms with Crippen molar-refractivity contribution in [2.24, 2.45) is 5.92 Å². The number of ketones is 1. The molecule has 22 heavy (non-hydrogen) atoms. The molecule has 0 heterocycles. The molecule has 122 valence electrons. The molecule has 3 nitrogen and oxygen atoms in total. The molecule has 0 amide bonds. The normalized spacial score (nSPS) is 15.7. The van der Waals surface area contributed by atoms with Gasteiger partial charge in [0, 0.05) is 12.0 Å². The highest BCUT2D eigenvalue weighted by molar-refractivity contribution is 5.97. The average Bonchev–Trinajstić information content (AvgIpc) is 2.55. The molecule has 2 rings (SSSR count). The third kappa shape index (κ3) is 5.04. The van der Waals surface area contributed by atoms with Gasteiger partial charge in [-0.25, -0.2) is 0 Å². The summed E-state index contributed by atoms with van der Waals surface area (Å²) in [5.41, 5.74) is 7.29. The molecular weight excluding hydrogens is 274 g/mol. The van der Waals surface area contributed by atoms with Gasteiger partial charge in [-0.2, -0.15) is 0 Å². The second-order valence-corrected chi connectivity index (χ2v) is 6.42. The topological polar surface area (TPSA) is 52.3 Å². The molecule has 0 radical (unpaired) electrons. The first-order valence-corrected chi connectivity index (χ1v) is 8.76. The number of unbranched alkanes of at least 4 members (excludes halogenated alkanes) is 1. The van der Waals surface area contributed by atoms with Crippen LogP contribution in [0.2, 0.25) is 0 Å². The maximum atomic E-state index is 12.3. The summed E-state index contributed by atoms with van der Waals surface area (Å²) in [4.78, 5) is 12.3. The van der Waals surface area contributed by atoms with Gasteiger partial charge in [-0.1, -0.05) is 45.4 Å². The monoisotopic (exact) mass is 303 g/mol. The molecule has 1 saturated carbocycles. The number of ether oxygens (including phenoxy) is 1. The van der Waals surface area contributed by atoms with Crippen LogP contribution in [0.15, 0.2) is 18.2 Å². The molecule has 1 aliphatic rings. The zero-order valence-corrected chi connectivity index (χ0v) is 13.8. The van der Waals surface area contributed by atoms with Crippen LogP contribution in [0.25, 0.3) is 0 Å². The van der Waals surface area contributed by atoms with Gasteiger partial charge in [-0.3, -0.25) is 4.79 Å². The SMILES string of the molecule is CCCCOc1ccc(C(=O)CCC2CCCCC2)cc1N. The van der Waals surface area contributed by atoms with Crippen LogP contribution in [0.3, 0.4) is 0 Å². The van der Waals surface area contributed by atoms with Gasteiger partial charge in [0.1, 0.15) is 5.75 Å². The predicted molar refractivity (Wildman–Crippen MR) is 91.4 cm³/mol. The van der Waals surface area contributed by atoms with Gasteiger partial charge in [-0.15, -0.1) is 0 Å². The third-order valence-corrected chi connectivity index (χ3v) is 4.59. The first kappa shape index (κ1) is 16.9. The number of anilines is 1.